The van der Waals surface area contributed by atoms with Gasteiger partial charge in [0.1, 0.15) is 18.0 Å². The normalized spacial score (nSPS) is 10.2. The number of aromatic nitrogens is 5. The van der Waals surface area contributed by atoms with Gasteiger partial charge in [-0.1, -0.05) is 51.5 Å². The molecule has 0 radical (unpaired) electrons. The number of fused-ring (bicyclic) bond motifs is 1. The molecule has 0 spiro atoms. The quantitative estimate of drug-likeness (QED) is 0.307. The van der Waals surface area contributed by atoms with Crippen molar-refractivity contribution in [3.63, 3.8) is 0 Å². The van der Waals surface area contributed by atoms with E-state index < -0.39 is 6.67 Å². The number of aryl methyl sites for hydroxylation is 1. The van der Waals surface area contributed by atoms with Crippen LogP contribution < -0.4 is 5.73 Å². The minimum Gasteiger partial charge on any atom is -0.383 e. The van der Waals surface area contributed by atoms with Gasteiger partial charge in [-0.15, -0.1) is 0 Å². The molecule has 2 N–H and O–H groups in total. The summed E-state index contributed by atoms with van der Waals surface area (Å²) >= 11 is 0. The van der Waals surface area contributed by atoms with Crippen LogP contribution in [0.3, 0.4) is 0 Å². The number of hydrogen-bond acceptors (Lipinski definition) is 5. The first-order valence-electron chi connectivity index (χ1n) is 11.8. The molecule has 0 bridgehead atoms. The highest BCUT2D eigenvalue weighted by atomic mass is 19.1. The molecule has 0 saturated heterocycles. The predicted molar refractivity (Wildman–Crippen MR) is 142 cm³/mol. The maximum absolute atomic E-state index is 12.9. The lowest BCUT2D eigenvalue weighted by molar-refractivity contribution is 0.484. The van der Waals surface area contributed by atoms with Crippen molar-refractivity contribution >= 4 is 17.0 Å². The third-order valence-corrected chi connectivity index (χ3v) is 5.12. The Morgan fingerprint density at radius 1 is 0.829 bits per heavy atom. The maximum Gasteiger partial charge on any atom is 0.165 e. The minimum absolute atomic E-state index is 0.398. The minimum atomic E-state index is -0.546. The molecule has 0 amide bonds. The summed E-state index contributed by atoms with van der Waals surface area (Å²) in [5.74, 6) is 1.06. The molecule has 0 aliphatic carbocycles. The Hall–Kier alpha value is -4.13. The Kier molecular flexibility index (Phi) is 8.62. The zero-order valence-electron chi connectivity index (χ0n) is 20.8. The molecule has 4 aromatic heterocycles. The number of nitrogen functional groups attached to an aromatic ring is 1. The van der Waals surface area contributed by atoms with E-state index in [0.717, 1.165) is 22.3 Å². The molecular weight excluding hydrogens is 439 g/mol. The van der Waals surface area contributed by atoms with Gasteiger partial charge in [0.2, 0.25) is 0 Å². The lowest BCUT2D eigenvalue weighted by Crippen LogP contribution is -2.02. The van der Waals surface area contributed by atoms with Crippen LogP contribution in [-0.2, 0) is 6.67 Å². The van der Waals surface area contributed by atoms with Gasteiger partial charge in [0.25, 0.3) is 0 Å². The van der Waals surface area contributed by atoms with Crippen LogP contribution in [0.15, 0.2) is 73.1 Å². The van der Waals surface area contributed by atoms with Gasteiger partial charge in [-0.3, -0.25) is 9.55 Å². The van der Waals surface area contributed by atoms with Crippen molar-refractivity contribution < 1.29 is 4.39 Å². The van der Waals surface area contributed by atoms with Crippen LogP contribution in [0.5, 0.6) is 0 Å². The lowest BCUT2D eigenvalue weighted by Gasteiger charge is -2.11. The molecule has 4 heterocycles. The molecule has 0 unspecified atom stereocenters. The number of anilines is 1. The number of benzene rings is 1. The molecule has 7 heteroatoms. The number of alkyl halides is 1. The number of nitrogens with two attached hydrogens (primary N) is 1. The van der Waals surface area contributed by atoms with Crippen molar-refractivity contribution in [1.29, 1.82) is 0 Å². The fourth-order valence-corrected chi connectivity index (χ4v) is 3.48. The van der Waals surface area contributed by atoms with Gasteiger partial charge in [-0.05, 0) is 49.4 Å². The summed E-state index contributed by atoms with van der Waals surface area (Å²) < 4.78 is 14.8. The molecular formula is C28H31FN6. The van der Waals surface area contributed by atoms with Gasteiger partial charge in [0.15, 0.2) is 11.5 Å². The van der Waals surface area contributed by atoms with Gasteiger partial charge in [0, 0.05) is 23.6 Å². The molecule has 0 atom stereocenters. The Bertz CT molecular complexity index is 1380. The van der Waals surface area contributed by atoms with Crippen LogP contribution in [-0.4, -0.2) is 24.5 Å². The van der Waals surface area contributed by atoms with E-state index in [4.69, 9.17) is 15.7 Å². The number of hydrogen-bond donors (Lipinski definition) is 1. The smallest absolute Gasteiger partial charge is 0.165 e. The van der Waals surface area contributed by atoms with Crippen molar-refractivity contribution in [2.24, 2.45) is 0 Å². The van der Waals surface area contributed by atoms with E-state index in [1.807, 2.05) is 87.7 Å². The molecule has 6 nitrogen and oxygen atoms in total. The second-order valence-electron chi connectivity index (χ2n) is 7.27. The molecule has 0 saturated carbocycles. The number of rotatable bonds is 4. The Morgan fingerprint density at radius 2 is 1.54 bits per heavy atom. The zero-order chi connectivity index (χ0) is 25.4. The number of halogens is 1. The first-order chi connectivity index (χ1) is 17.1. The summed E-state index contributed by atoms with van der Waals surface area (Å²) in [6, 6.07) is 19.1. The SMILES string of the molecule is CC.CC.Cc1ccc(-n2c(-c3cccnc3N)nc3ccc(-c4ccc(CF)cn4)nc32)cc1. The molecule has 5 rings (SSSR count). The largest absolute Gasteiger partial charge is 0.383 e. The fourth-order valence-electron chi connectivity index (χ4n) is 3.48. The summed E-state index contributed by atoms with van der Waals surface area (Å²) in [4.78, 5) is 18.3. The summed E-state index contributed by atoms with van der Waals surface area (Å²) in [5, 5.41) is 0. The maximum atomic E-state index is 12.9. The van der Waals surface area contributed by atoms with Gasteiger partial charge >= 0.3 is 0 Å². The van der Waals surface area contributed by atoms with Crippen molar-refractivity contribution in [3.8, 4) is 28.5 Å². The van der Waals surface area contributed by atoms with Gasteiger partial charge in [-0.2, -0.15) is 0 Å². The van der Waals surface area contributed by atoms with Crippen LogP contribution >= 0.6 is 0 Å². The first kappa shape index (κ1) is 25.5. The predicted octanol–water partition coefficient (Wildman–Crippen LogP) is 6.96. The average molecular weight is 471 g/mol. The van der Waals surface area contributed by atoms with E-state index in [2.05, 4.69) is 9.97 Å². The van der Waals surface area contributed by atoms with Crippen molar-refractivity contribution in [3.05, 3.63) is 84.2 Å². The van der Waals surface area contributed by atoms with E-state index in [1.54, 1.807) is 18.3 Å². The fraction of sp³-hybridized carbons (Fsp3) is 0.214. The van der Waals surface area contributed by atoms with Crippen molar-refractivity contribution in [2.75, 3.05) is 5.73 Å². The highest BCUT2D eigenvalue weighted by Gasteiger charge is 2.18. The molecule has 0 aliphatic rings. The number of pyridine rings is 3. The summed E-state index contributed by atoms with van der Waals surface area (Å²) in [5.41, 5.74) is 12.2. The molecule has 5 aromatic rings. The lowest BCUT2D eigenvalue weighted by atomic mass is 10.2. The van der Waals surface area contributed by atoms with E-state index in [-0.39, 0.29) is 0 Å². The van der Waals surface area contributed by atoms with E-state index in [0.29, 0.717) is 34.2 Å². The van der Waals surface area contributed by atoms with Crippen molar-refractivity contribution in [1.82, 2.24) is 24.5 Å². The second-order valence-corrected chi connectivity index (χ2v) is 7.27. The summed E-state index contributed by atoms with van der Waals surface area (Å²) in [6.45, 7) is 9.49. The molecule has 0 aliphatic heterocycles. The monoisotopic (exact) mass is 470 g/mol. The average Bonchev–Trinajstić information content (AvgIpc) is 3.30. The molecule has 1 aromatic carbocycles. The van der Waals surface area contributed by atoms with Crippen LogP contribution in [0.2, 0.25) is 0 Å². The zero-order valence-corrected chi connectivity index (χ0v) is 20.8. The third kappa shape index (κ3) is 5.35. The van der Waals surface area contributed by atoms with E-state index in [1.165, 1.54) is 6.20 Å². The third-order valence-electron chi connectivity index (χ3n) is 5.12. The number of imidazole rings is 1. The summed E-state index contributed by atoms with van der Waals surface area (Å²) in [7, 11) is 0. The Labute approximate surface area is 205 Å². The van der Waals surface area contributed by atoms with E-state index in [9.17, 15) is 4.39 Å². The number of nitrogens with zero attached hydrogens (tertiary/aromatic N) is 5. The molecule has 0 fully saturated rings. The van der Waals surface area contributed by atoms with Crippen LogP contribution in [0.4, 0.5) is 10.2 Å². The van der Waals surface area contributed by atoms with E-state index >= 15 is 0 Å². The topological polar surface area (TPSA) is 82.5 Å². The highest BCUT2D eigenvalue weighted by molar-refractivity contribution is 5.84. The van der Waals surface area contributed by atoms with Crippen LogP contribution in [0, 0.1) is 6.92 Å². The summed E-state index contributed by atoms with van der Waals surface area (Å²) in [6.07, 6.45) is 3.18. The second kappa shape index (κ2) is 11.8. The molecule has 35 heavy (non-hydrogen) atoms. The van der Waals surface area contributed by atoms with Crippen molar-refractivity contribution in [2.45, 2.75) is 41.3 Å². The van der Waals surface area contributed by atoms with Gasteiger partial charge in [-0.25, -0.2) is 19.3 Å². The van der Waals surface area contributed by atoms with Crippen LogP contribution in [0.25, 0.3) is 39.6 Å². The highest BCUT2D eigenvalue weighted by Crippen LogP contribution is 2.31. The Balaban J connectivity index is 0.000000815. The van der Waals surface area contributed by atoms with Crippen LogP contribution in [0.1, 0.15) is 38.8 Å². The molecule has 180 valence electrons. The van der Waals surface area contributed by atoms with Gasteiger partial charge in [0.05, 0.1) is 17.0 Å². The van der Waals surface area contributed by atoms with Gasteiger partial charge < -0.3 is 5.73 Å². The Morgan fingerprint density at radius 3 is 2.17 bits per heavy atom. The standard InChI is InChI=1S/C24H19FN6.2C2H6/c1-15-4-7-17(8-5-15)31-23(18-3-2-12-27-22(18)26)30-21-11-10-20(29-24(21)31)19-9-6-16(13-25)14-28-19;2*1-2/h2-12,14H,13H2,1H3,(H2,26,27);2*1-2H3. The first-order valence-corrected chi connectivity index (χ1v) is 11.8.